The summed E-state index contributed by atoms with van der Waals surface area (Å²) in [6, 6.07) is 0.800. The predicted octanol–water partition coefficient (Wildman–Crippen LogP) is 0.324. The minimum atomic E-state index is -3.83. The Kier molecular flexibility index (Phi) is 5.06. The standard InChI is InChI=1S/C11H18N2O4S/c1-8(2)9(7-17-3)13-18(15,16)11-6-12-5-4-10(11)14/h4-6,8-9,13H,7H2,1-3H3,(H,12,14). The molecule has 0 aromatic carbocycles. The molecule has 0 aliphatic rings. The molecule has 0 radical (unpaired) electrons. The summed E-state index contributed by atoms with van der Waals surface area (Å²) in [7, 11) is -2.33. The van der Waals surface area contributed by atoms with Gasteiger partial charge in [-0.15, -0.1) is 0 Å². The van der Waals surface area contributed by atoms with Crippen LogP contribution in [0.5, 0.6) is 0 Å². The highest BCUT2D eigenvalue weighted by Crippen LogP contribution is 2.07. The molecule has 0 fully saturated rings. The monoisotopic (exact) mass is 274 g/mol. The average molecular weight is 274 g/mol. The first kappa shape index (κ1) is 14.9. The number of aromatic nitrogens is 1. The lowest BCUT2D eigenvalue weighted by Gasteiger charge is -2.21. The zero-order valence-electron chi connectivity index (χ0n) is 10.6. The molecule has 0 saturated heterocycles. The van der Waals surface area contributed by atoms with Gasteiger partial charge in [0.15, 0.2) is 0 Å². The molecule has 0 spiro atoms. The van der Waals surface area contributed by atoms with Crippen molar-refractivity contribution in [2.24, 2.45) is 5.92 Å². The number of rotatable bonds is 6. The third kappa shape index (κ3) is 3.66. The zero-order chi connectivity index (χ0) is 13.8. The molecule has 1 rings (SSSR count). The Morgan fingerprint density at radius 3 is 2.61 bits per heavy atom. The van der Waals surface area contributed by atoms with Crippen molar-refractivity contribution in [2.75, 3.05) is 13.7 Å². The van der Waals surface area contributed by atoms with Gasteiger partial charge in [-0.25, -0.2) is 13.1 Å². The van der Waals surface area contributed by atoms with Crippen molar-refractivity contribution in [3.8, 4) is 0 Å². The molecule has 0 aliphatic carbocycles. The Labute approximate surface area is 106 Å². The van der Waals surface area contributed by atoms with E-state index in [0.29, 0.717) is 0 Å². The largest absolute Gasteiger partial charge is 0.383 e. The summed E-state index contributed by atoms with van der Waals surface area (Å²) in [5, 5.41) is 0. The highest BCUT2D eigenvalue weighted by molar-refractivity contribution is 7.89. The molecule has 1 aromatic heterocycles. The minimum Gasteiger partial charge on any atom is -0.383 e. The van der Waals surface area contributed by atoms with Crippen LogP contribution >= 0.6 is 0 Å². The smallest absolute Gasteiger partial charge is 0.246 e. The van der Waals surface area contributed by atoms with Gasteiger partial charge in [0.2, 0.25) is 15.5 Å². The number of ether oxygens (including phenoxy) is 1. The van der Waals surface area contributed by atoms with Gasteiger partial charge in [0.05, 0.1) is 6.61 Å². The Morgan fingerprint density at radius 2 is 2.11 bits per heavy atom. The Morgan fingerprint density at radius 1 is 1.44 bits per heavy atom. The molecule has 6 nitrogen and oxygen atoms in total. The molecule has 0 saturated carbocycles. The van der Waals surface area contributed by atoms with Gasteiger partial charge < -0.3 is 9.72 Å². The molecule has 102 valence electrons. The number of methoxy groups -OCH3 is 1. The van der Waals surface area contributed by atoms with Crippen LogP contribution in [-0.4, -0.2) is 33.2 Å². The van der Waals surface area contributed by atoms with Crippen LogP contribution in [0.2, 0.25) is 0 Å². The topological polar surface area (TPSA) is 88.3 Å². The highest BCUT2D eigenvalue weighted by atomic mass is 32.2. The van der Waals surface area contributed by atoms with Crippen LogP contribution < -0.4 is 10.2 Å². The maximum absolute atomic E-state index is 12.1. The summed E-state index contributed by atoms with van der Waals surface area (Å²) in [4.78, 5) is 13.8. The first-order valence-electron chi connectivity index (χ1n) is 5.57. The molecule has 1 unspecified atom stereocenters. The van der Waals surface area contributed by atoms with E-state index in [9.17, 15) is 13.2 Å². The van der Waals surface area contributed by atoms with Crippen molar-refractivity contribution in [3.05, 3.63) is 28.7 Å². The summed E-state index contributed by atoms with van der Waals surface area (Å²) < 4.78 is 31.6. The van der Waals surface area contributed by atoms with Crippen LogP contribution in [0.1, 0.15) is 13.8 Å². The second-order valence-electron chi connectivity index (χ2n) is 4.30. The van der Waals surface area contributed by atoms with Crippen LogP contribution in [0.4, 0.5) is 0 Å². The fraction of sp³-hybridized carbons (Fsp3) is 0.545. The Bertz CT molecular complexity index is 536. The molecule has 1 atom stereocenters. The van der Waals surface area contributed by atoms with Gasteiger partial charge in [-0.2, -0.15) is 0 Å². The molecule has 2 N–H and O–H groups in total. The van der Waals surface area contributed by atoms with Gasteiger partial charge in [0.1, 0.15) is 4.90 Å². The second-order valence-corrected chi connectivity index (χ2v) is 5.98. The molecule has 7 heteroatoms. The van der Waals surface area contributed by atoms with E-state index in [-0.39, 0.29) is 23.5 Å². The fourth-order valence-electron chi connectivity index (χ4n) is 1.42. The zero-order valence-corrected chi connectivity index (χ0v) is 11.5. The molecule has 1 heterocycles. The molecule has 1 aromatic rings. The van der Waals surface area contributed by atoms with Crippen LogP contribution in [0.3, 0.4) is 0 Å². The first-order valence-corrected chi connectivity index (χ1v) is 7.05. The van der Waals surface area contributed by atoms with Gasteiger partial charge in [-0.1, -0.05) is 13.8 Å². The number of aromatic amines is 1. The van der Waals surface area contributed by atoms with E-state index >= 15 is 0 Å². The van der Waals surface area contributed by atoms with Crippen molar-refractivity contribution in [2.45, 2.75) is 24.8 Å². The van der Waals surface area contributed by atoms with E-state index in [1.807, 2.05) is 13.8 Å². The van der Waals surface area contributed by atoms with E-state index in [1.165, 1.54) is 25.6 Å². The average Bonchev–Trinajstić information content (AvgIpc) is 2.28. The lowest BCUT2D eigenvalue weighted by Crippen LogP contribution is -2.42. The summed E-state index contributed by atoms with van der Waals surface area (Å²) in [6.45, 7) is 4.00. The van der Waals surface area contributed by atoms with Crippen molar-refractivity contribution < 1.29 is 13.2 Å². The molecular formula is C11H18N2O4S. The summed E-state index contributed by atoms with van der Waals surface area (Å²) in [6.07, 6.45) is 2.56. The minimum absolute atomic E-state index is 0.0579. The maximum Gasteiger partial charge on any atom is 0.246 e. The molecule has 0 aliphatic heterocycles. The summed E-state index contributed by atoms with van der Waals surface area (Å²) >= 11 is 0. The number of hydrogen-bond donors (Lipinski definition) is 2. The first-order chi connectivity index (χ1) is 8.38. The van der Waals surface area contributed by atoms with E-state index in [2.05, 4.69) is 9.71 Å². The molecule has 18 heavy (non-hydrogen) atoms. The quantitative estimate of drug-likeness (QED) is 0.782. The third-order valence-corrected chi connectivity index (χ3v) is 4.05. The van der Waals surface area contributed by atoms with Gasteiger partial charge in [-0.05, 0) is 5.92 Å². The fourth-order valence-corrected chi connectivity index (χ4v) is 2.84. The van der Waals surface area contributed by atoms with Crippen molar-refractivity contribution in [1.82, 2.24) is 9.71 Å². The molecular weight excluding hydrogens is 256 g/mol. The van der Waals surface area contributed by atoms with Gasteiger partial charge in [0.25, 0.3) is 0 Å². The van der Waals surface area contributed by atoms with Crippen LogP contribution in [-0.2, 0) is 14.8 Å². The lowest BCUT2D eigenvalue weighted by molar-refractivity contribution is 0.157. The predicted molar refractivity (Wildman–Crippen MR) is 67.9 cm³/mol. The van der Waals surface area contributed by atoms with Crippen LogP contribution in [0.15, 0.2) is 28.2 Å². The van der Waals surface area contributed by atoms with Gasteiger partial charge in [0, 0.05) is 31.6 Å². The van der Waals surface area contributed by atoms with Crippen LogP contribution in [0.25, 0.3) is 0 Å². The number of sulfonamides is 1. The van der Waals surface area contributed by atoms with E-state index in [0.717, 1.165) is 0 Å². The second kappa shape index (κ2) is 6.12. The van der Waals surface area contributed by atoms with Crippen LogP contribution in [0, 0.1) is 5.92 Å². The number of hydrogen-bond acceptors (Lipinski definition) is 4. The number of nitrogens with one attached hydrogen (secondary N) is 2. The third-order valence-electron chi connectivity index (χ3n) is 2.54. The van der Waals surface area contributed by atoms with E-state index in [1.54, 1.807) is 0 Å². The maximum atomic E-state index is 12.1. The van der Waals surface area contributed by atoms with Gasteiger partial charge in [-0.3, -0.25) is 4.79 Å². The molecule has 0 bridgehead atoms. The highest BCUT2D eigenvalue weighted by Gasteiger charge is 2.24. The van der Waals surface area contributed by atoms with Crippen molar-refractivity contribution in [3.63, 3.8) is 0 Å². The van der Waals surface area contributed by atoms with Crippen molar-refractivity contribution in [1.29, 1.82) is 0 Å². The Hall–Kier alpha value is -1.18. The van der Waals surface area contributed by atoms with Gasteiger partial charge >= 0.3 is 0 Å². The number of pyridine rings is 1. The summed E-state index contributed by atoms with van der Waals surface area (Å²) in [5.41, 5.74) is -0.541. The van der Waals surface area contributed by atoms with Crippen molar-refractivity contribution >= 4 is 10.0 Å². The summed E-state index contributed by atoms with van der Waals surface area (Å²) in [5.74, 6) is 0.0579. The molecule has 0 amide bonds. The van der Waals surface area contributed by atoms with E-state index in [4.69, 9.17) is 4.74 Å². The number of H-pyrrole nitrogens is 1. The Balaban J connectivity index is 3.01. The lowest BCUT2D eigenvalue weighted by atomic mass is 10.1. The SMILES string of the molecule is COCC(NS(=O)(=O)c1c[nH]ccc1=O)C(C)C. The van der Waals surface area contributed by atoms with E-state index < -0.39 is 15.5 Å². The normalized spacial score (nSPS) is 13.8.